The molecule has 0 aromatic heterocycles. The molecule has 0 saturated heterocycles. The van der Waals surface area contributed by atoms with Crippen molar-refractivity contribution in [3.8, 4) is 11.5 Å². The number of benzene rings is 3. The second kappa shape index (κ2) is 11.1. The number of ether oxygens (including phenoxy) is 2. The normalized spacial score (nSPS) is 11.4. The van der Waals surface area contributed by atoms with Crippen LogP contribution < -0.4 is 20.1 Å². The molecule has 0 saturated carbocycles. The molecule has 0 spiro atoms. The zero-order valence-electron chi connectivity index (χ0n) is 18.8. The summed E-state index contributed by atoms with van der Waals surface area (Å²) in [4.78, 5) is 26.1. The fourth-order valence-electron chi connectivity index (χ4n) is 3.00. The molecule has 3 aromatic rings. The minimum Gasteiger partial charge on any atom is -0.493 e. The summed E-state index contributed by atoms with van der Waals surface area (Å²) in [5.41, 5.74) is 2.66. The van der Waals surface area contributed by atoms with Gasteiger partial charge in [-0.05, 0) is 67.9 Å². The van der Waals surface area contributed by atoms with Crippen molar-refractivity contribution in [2.45, 2.75) is 24.0 Å². The molecule has 2 N–H and O–H groups in total. The van der Waals surface area contributed by atoms with Gasteiger partial charge in [-0.1, -0.05) is 23.7 Å². The number of anilines is 2. The number of amides is 2. The molecule has 0 aliphatic heterocycles. The van der Waals surface area contributed by atoms with Crippen LogP contribution in [0.15, 0.2) is 65.6 Å². The van der Waals surface area contributed by atoms with Crippen molar-refractivity contribution < 1.29 is 19.1 Å². The van der Waals surface area contributed by atoms with Gasteiger partial charge in [-0.25, -0.2) is 0 Å². The van der Waals surface area contributed by atoms with Crippen molar-refractivity contribution in [3.63, 3.8) is 0 Å². The van der Waals surface area contributed by atoms with Crippen LogP contribution in [0.3, 0.4) is 0 Å². The van der Waals surface area contributed by atoms with Crippen LogP contribution >= 0.6 is 23.4 Å². The van der Waals surface area contributed by atoms with Crippen molar-refractivity contribution in [3.05, 3.63) is 76.8 Å². The van der Waals surface area contributed by atoms with E-state index in [1.54, 1.807) is 30.3 Å². The third-order valence-corrected chi connectivity index (χ3v) is 6.36. The molecule has 172 valence electrons. The minimum absolute atomic E-state index is 0.139. The van der Waals surface area contributed by atoms with Crippen LogP contribution in [0.25, 0.3) is 0 Å². The predicted molar refractivity (Wildman–Crippen MR) is 134 cm³/mol. The first kappa shape index (κ1) is 24.5. The quantitative estimate of drug-likeness (QED) is 0.381. The number of halogens is 1. The topological polar surface area (TPSA) is 76.7 Å². The summed E-state index contributed by atoms with van der Waals surface area (Å²) in [5.74, 6) is 0.608. The summed E-state index contributed by atoms with van der Waals surface area (Å²) in [6.45, 7) is 3.73. The molecule has 0 heterocycles. The third-order valence-electron chi connectivity index (χ3n) is 4.86. The number of aryl methyl sites for hydroxylation is 1. The minimum atomic E-state index is -0.359. The summed E-state index contributed by atoms with van der Waals surface area (Å²) < 4.78 is 10.5. The van der Waals surface area contributed by atoms with Crippen LogP contribution in [0.5, 0.6) is 11.5 Å². The molecule has 1 unspecified atom stereocenters. The number of rotatable bonds is 8. The van der Waals surface area contributed by atoms with Gasteiger partial charge in [0.15, 0.2) is 11.5 Å². The van der Waals surface area contributed by atoms with E-state index in [1.165, 1.54) is 26.0 Å². The summed E-state index contributed by atoms with van der Waals surface area (Å²) in [6, 6.07) is 17.7. The number of carbonyl (C=O) groups is 2. The van der Waals surface area contributed by atoms with Crippen molar-refractivity contribution in [1.29, 1.82) is 0 Å². The standard InChI is InChI=1S/C25H25ClN2O4S/c1-15-8-10-19(14-21(15)26)27-24(29)16(2)33-20-7-5-6-18(13-20)28-25(30)17-9-11-22(31-3)23(12-17)32-4/h5-14,16H,1-4H3,(H,27,29)(H,28,30). The first-order chi connectivity index (χ1) is 15.8. The maximum atomic E-state index is 12.7. The van der Waals surface area contributed by atoms with Crippen LogP contribution in [-0.2, 0) is 4.79 Å². The van der Waals surface area contributed by atoms with E-state index in [-0.39, 0.29) is 17.1 Å². The van der Waals surface area contributed by atoms with Crippen molar-refractivity contribution in [1.82, 2.24) is 0 Å². The Hall–Kier alpha value is -3.16. The number of methoxy groups -OCH3 is 2. The predicted octanol–water partition coefficient (Wildman–Crippen LogP) is 6.04. The molecule has 6 nitrogen and oxygen atoms in total. The van der Waals surface area contributed by atoms with Crippen molar-refractivity contribution in [2.24, 2.45) is 0 Å². The SMILES string of the molecule is COc1ccc(C(=O)Nc2cccc(SC(C)C(=O)Nc3ccc(C)c(Cl)c3)c2)cc1OC. The lowest BCUT2D eigenvalue weighted by Gasteiger charge is -2.14. The van der Waals surface area contributed by atoms with E-state index >= 15 is 0 Å². The monoisotopic (exact) mass is 484 g/mol. The number of hydrogen-bond donors (Lipinski definition) is 2. The highest BCUT2D eigenvalue weighted by atomic mass is 35.5. The van der Waals surface area contributed by atoms with Crippen LogP contribution in [0.4, 0.5) is 11.4 Å². The molecular formula is C25H25ClN2O4S. The van der Waals surface area contributed by atoms with E-state index in [2.05, 4.69) is 10.6 Å². The molecule has 2 amide bonds. The lowest BCUT2D eigenvalue weighted by atomic mass is 10.2. The molecule has 0 aliphatic rings. The molecule has 0 fully saturated rings. The maximum absolute atomic E-state index is 12.7. The number of nitrogens with one attached hydrogen (secondary N) is 2. The fraction of sp³-hybridized carbons (Fsp3) is 0.200. The van der Waals surface area contributed by atoms with Gasteiger partial charge < -0.3 is 20.1 Å². The lowest BCUT2D eigenvalue weighted by molar-refractivity contribution is -0.115. The Morgan fingerprint density at radius 1 is 0.909 bits per heavy atom. The molecule has 0 radical (unpaired) electrons. The van der Waals surface area contributed by atoms with Gasteiger partial charge >= 0.3 is 0 Å². The molecule has 3 rings (SSSR count). The molecule has 3 aromatic carbocycles. The molecule has 1 atom stereocenters. The Bertz CT molecular complexity index is 1170. The van der Waals surface area contributed by atoms with E-state index in [1.807, 2.05) is 44.2 Å². The molecular weight excluding hydrogens is 460 g/mol. The number of hydrogen-bond acceptors (Lipinski definition) is 5. The average Bonchev–Trinajstić information content (AvgIpc) is 2.81. The van der Waals surface area contributed by atoms with Gasteiger partial charge in [-0.15, -0.1) is 11.8 Å². The summed E-state index contributed by atoms with van der Waals surface area (Å²) >= 11 is 7.53. The van der Waals surface area contributed by atoms with E-state index in [0.717, 1.165) is 10.5 Å². The van der Waals surface area contributed by atoms with Gasteiger partial charge in [-0.3, -0.25) is 9.59 Å². The third kappa shape index (κ3) is 6.43. The van der Waals surface area contributed by atoms with E-state index in [9.17, 15) is 9.59 Å². The summed E-state index contributed by atoms with van der Waals surface area (Å²) in [7, 11) is 3.06. The smallest absolute Gasteiger partial charge is 0.255 e. The van der Waals surface area contributed by atoms with Crippen LogP contribution in [0.1, 0.15) is 22.8 Å². The zero-order valence-corrected chi connectivity index (χ0v) is 20.3. The largest absolute Gasteiger partial charge is 0.493 e. The molecule has 8 heteroatoms. The van der Waals surface area contributed by atoms with Gasteiger partial charge in [0.2, 0.25) is 5.91 Å². The molecule has 0 bridgehead atoms. The summed E-state index contributed by atoms with van der Waals surface area (Å²) in [5, 5.41) is 6.00. The Labute approximate surface area is 202 Å². The second-order valence-electron chi connectivity index (χ2n) is 7.27. The Morgan fingerprint density at radius 2 is 1.64 bits per heavy atom. The Morgan fingerprint density at radius 3 is 2.33 bits per heavy atom. The summed E-state index contributed by atoms with van der Waals surface area (Å²) in [6.07, 6.45) is 0. The highest BCUT2D eigenvalue weighted by Crippen LogP contribution is 2.29. The van der Waals surface area contributed by atoms with E-state index < -0.39 is 0 Å². The first-order valence-electron chi connectivity index (χ1n) is 10.2. The average molecular weight is 485 g/mol. The highest BCUT2D eigenvalue weighted by molar-refractivity contribution is 8.00. The fourth-order valence-corrected chi connectivity index (χ4v) is 4.11. The molecule has 33 heavy (non-hydrogen) atoms. The highest BCUT2D eigenvalue weighted by Gasteiger charge is 2.16. The van der Waals surface area contributed by atoms with E-state index in [0.29, 0.717) is 33.5 Å². The van der Waals surface area contributed by atoms with Crippen LogP contribution in [0, 0.1) is 6.92 Å². The lowest BCUT2D eigenvalue weighted by Crippen LogP contribution is -2.22. The van der Waals surface area contributed by atoms with Gasteiger partial charge in [0.25, 0.3) is 5.91 Å². The first-order valence-corrected chi connectivity index (χ1v) is 11.4. The Kier molecular flexibility index (Phi) is 8.25. The maximum Gasteiger partial charge on any atom is 0.255 e. The van der Waals surface area contributed by atoms with Crippen LogP contribution in [-0.4, -0.2) is 31.3 Å². The van der Waals surface area contributed by atoms with Gasteiger partial charge in [-0.2, -0.15) is 0 Å². The number of carbonyl (C=O) groups excluding carboxylic acids is 2. The van der Waals surface area contributed by atoms with E-state index in [4.69, 9.17) is 21.1 Å². The zero-order chi connectivity index (χ0) is 24.0. The van der Waals surface area contributed by atoms with Gasteiger partial charge in [0.05, 0.1) is 19.5 Å². The van der Waals surface area contributed by atoms with Crippen LogP contribution in [0.2, 0.25) is 5.02 Å². The van der Waals surface area contributed by atoms with Gasteiger partial charge in [0.1, 0.15) is 0 Å². The Balaban J connectivity index is 1.64. The number of thioether (sulfide) groups is 1. The second-order valence-corrected chi connectivity index (χ2v) is 9.09. The van der Waals surface area contributed by atoms with Crippen molar-refractivity contribution >= 4 is 46.6 Å². The van der Waals surface area contributed by atoms with Gasteiger partial charge in [0, 0.05) is 26.9 Å². The molecule has 0 aliphatic carbocycles. The van der Waals surface area contributed by atoms with Crippen molar-refractivity contribution in [2.75, 3.05) is 24.9 Å².